The molecule has 2 aliphatic rings. The Kier molecular flexibility index (Phi) is 6.04. The van der Waals surface area contributed by atoms with E-state index in [0.717, 1.165) is 5.92 Å². The summed E-state index contributed by atoms with van der Waals surface area (Å²) < 4.78 is 0. The molecule has 0 bridgehead atoms. The maximum absolute atomic E-state index is 9.79. The lowest BCUT2D eigenvalue weighted by Crippen LogP contribution is -2.07. The van der Waals surface area contributed by atoms with E-state index < -0.39 is 0 Å². The third-order valence-corrected chi connectivity index (χ3v) is 6.78. The van der Waals surface area contributed by atoms with E-state index in [1.165, 1.54) is 80.9 Å². The van der Waals surface area contributed by atoms with Crippen LogP contribution in [0.5, 0.6) is 11.5 Å². The number of hydrogen-bond acceptors (Lipinski definition) is 2. The zero-order valence-electron chi connectivity index (χ0n) is 16.7. The maximum atomic E-state index is 9.79. The average molecular weight is 377 g/mol. The molecule has 0 atom stereocenters. The average Bonchev–Trinajstić information content (AvgIpc) is 3.41. The minimum atomic E-state index is 0.308. The zero-order chi connectivity index (χ0) is 19.3. The summed E-state index contributed by atoms with van der Waals surface area (Å²) in [7, 11) is 0. The highest BCUT2D eigenvalue weighted by atomic mass is 16.3. The van der Waals surface area contributed by atoms with Crippen LogP contribution in [-0.4, -0.2) is 10.2 Å². The van der Waals surface area contributed by atoms with Crippen molar-refractivity contribution in [3.8, 4) is 11.5 Å². The van der Waals surface area contributed by atoms with Gasteiger partial charge in [0, 0.05) is 0 Å². The Balaban J connectivity index is 1.77. The SMILES string of the molecule is Oc1ccc(C(=C(CCC2CCCC2)C2CCCC2)c2ccc(O)cc2)cc1. The first-order valence-electron chi connectivity index (χ1n) is 11.0. The Morgan fingerprint density at radius 2 is 1.14 bits per heavy atom. The largest absolute Gasteiger partial charge is 0.508 e. The monoisotopic (exact) mass is 376 g/mol. The molecule has 2 N–H and O–H groups in total. The molecule has 2 aromatic carbocycles. The molecule has 0 heterocycles. The molecule has 4 rings (SSSR count). The lowest BCUT2D eigenvalue weighted by atomic mass is 9.82. The second kappa shape index (κ2) is 8.86. The third kappa shape index (κ3) is 4.43. The molecule has 148 valence electrons. The number of phenolic OH excluding ortho intramolecular Hbond substituents is 2. The summed E-state index contributed by atoms with van der Waals surface area (Å²) >= 11 is 0. The summed E-state index contributed by atoms with van der Waals surface area (Å²) in [5, 5.41) is 19.6. The van der Waals surface area contributed by atoms with Gasteiger partial charge in [0.15, 0.2) is 0 Å². The molecule has 2 fully saturated rings. The molecule has 0 spiro atoms. The molecule has 0 unspecified atom stereocenters. The van der Waals surface area contributed by atoms with Crippen molar-refractivity contribution in [2.24, 2.45) is 11.8 Å². The van der Waals surface area contributed by atoms with Crippen LogP contribution in [0.3, 0.4) is 0 Å². The van der Waals surface area contributed by atoms with Crippen molar-refractivity contribution in [3.63, 3.8) is 0 Å². The number of benzene rings is 2. The molecule has 0 radical (unpaired) electrons. The van der Waals surface area contributed by atoms with E-state index in [9.17, 15) is 10.2 Å². The van der Waals surface area contributed by atoms with Gasteiger partial charge in [-0.05, 0) is 78.5 Å². The van der Waals surface area contributed by atoms with Crippen molar-refractivity contribution in [1.29, 1.82) is 0 Å². The van der Waals surface area contributed by atoms with E-state index >= 15 is 0 Å². The zero-order valence-corrected chi connectivity index (χ0v) is 16.7. The number of phenols is 2. The van der Waals surface area contributed by atoms with Crippen molar-refractivity contribution >= 4 is 5.57 Å². The molecular weight excluding hydrogens is 344 g/mol. The van der Waals surface area contributed by atoms with Gasteiger partial charge in [0.05, 0.1) is 0 Å². The van der Waals surface area contributed by atoms with Crippen molar-refractivity contribution < 1.29 is 10.2 Å². The van der Waals surface area contributed by atoms with Crippen LogP contribution in [0.2, 0.25) is 0 Å². The van der Waals surface area contributed by atoms with E-state index in [1.54, 1.807) is 29.8 Å². The van der Waals surface area contributed by atoms with Crippen LogP contribution in [0, 0.1) is 11.8 Å². The fourth-order valence-electron chi connectivity index (χ4n) is 5.26. The van der Waals surface area contributed by atoms with Crippen molar-refractivity contribution in [3.05, 3.63) is 65.2 Å². The number of aromatic hydroxyl groups is 2. The summed E-state index contributed by atoms with van der Waals surface area (Å²) in [6, 6.07) is 15.3. The summed E-state index contributed by atoms with van der Waals surface area (Å²) in [5.74, 6) is 2.17. The summed E-state index contributed by atoms with van der Waals surface area (Å²) in [5.41, 5.74) is 5.28. The Hall–Kier alpha value is -2.22. The Morgan fingerprint density at radius 3 is 1.64 bits per heavy atom. The quantitative estimate of drug-likeness (QED) is 0.566. The second-order valence-corrected chi connectivity index (χ2v) is 8.66. The fraction of sp³-hybridized carbons (Fsp3) is 0.462. The van der Waals surface area contributed by atoms with Gasteiger partial charge in [-0.3, -0.25) is 0 Å². The van der Waals surface area contributed by atoms with E-state index in [2.05, 4.69) is 0 Å². The molecule has 2 heteroatoms. The molecule has 0 aliphatic heterocycles. The van der Waals surface area contributed by atoms with E-state index in [1.807, 2.05) is 24.3 Å². The van der Waals surface area contributed by atoms with Gasteiger partial charge in [-0.1, -0.05) is 68.4 Å². The minimum Gasteiger partial charge on any atom is -0.508 e. The van der Waals surface area contributed by atoms with Crippen LogP contribution in [0.4, 0.5) is 0 Å². The van der Waals surface area contributed by atoms with Gasteiger partial charge >= 0.3 is 0 Å². The van der Waals surface area contributed by atoms with E-state index in [4.69, 9.17) is 0 Å². The van der Waals surface area contributed by atoms with Gasteiger partial charge in [0.2, 0.25) is 0 Å². The Bertz CT molecular complexity index is 742. The van der Waals surface area contributed by atoms with Crippen LogP contribution >= 0.6 is 0 Å². The molecule has 2 saturated carbocycles. The molecule has 28 heavy (non-hydrogen) atoms. The second-order valence-electron chi connectivity index (χ2n) is 8.66. The fourth-order valence-corrected chi connectivity index (χ4v) is 5.26. The first-order valence-corrected chi connectivity index (χ1v) is 11.0. The highest BCUT2D eigenvalue weighted by molar-refractivity contribution is 5.83. The van der Waals surface area contributed by atoms with Gasteiger partial charge in [-0.2, -0.15) is 0 Å². The van der Waals surface area contributed by atoms with Gasteiger partial charge in [-0.15, -0.1) is 0 Å². The summed E-state index contributed by atoms with van der Waals surface area (Å²) in [6.07, 6.45) is 13.3. The van der Waals surface area contributed by atoms with E-state index in [-0.39, 0.29) is 0 Å². The molecular formula is C26H32O2. The molecule has 0 aromatic heterocycles. The first kappa shape index (κ1) is 19.1. The summed E-state index contributed by atoms with van der Waals surface area (Å²) in [4.78, 5) is 0. The number of hydrogen-bond donors (Lipinski definition) is 2. The van der Waals surface area contributed by atoms with Gasteiger partial charge in [-0.25, -0.2) is 0 Å². The van der Waals surface area contributed by atoms with Crippen LogP contribution < -0.4 is 0 Å². The summed E-state index contributed by atoms with van der Waals surface area (Å²) in [6.45, 7) is 0. The van der Waals surface area contributed by atoms with Crippen LogP contribution in [0.1, 0.15) is 75.3 Å². The third-order valence-electron chi connectivity index (χ3n) is 6.78. The first-order chi connectivity index (χ1) is 13.7. The predicted octanol–water partition coefficient (Wildman–Crippen LogP) is 7.06. The minimum absolute atomic E-state index is 0.308. The topological polar surface area (TPSA) is 40.5 Å². The molecule has 2 aromatic rings. The van der Waals surface area contributed by atoms with Crippen LogP contribution in [0.15, 0.2) is 54.1 Å². The normalized spacial score (nSPS) is 17.9. The number of rotatable bonds is 6. The van der Waals surface area contributed by atoms with Crippen molar-refractivity contribution in [2.45, 2.75) is 64.2 Å². The van der Waals surface area contributed by atoms with Crippen LogP contribution in [-0.2, 0) is 0 Å². The van der Waals surface area contributed by atoms with Gasteiger partial charge in [0.25, 0.3) is 0 Å². The highest BCUT2D eigenvalue weighted by Gasteiger charge is 2.25. The molecule has 0 saturated heterocycles. The Morgan fingerprint density at radius 1 is 0.679 bits per heavy atom. The molecule has 2 nitrogen and oxygen atoms in total. The Labute approximate surface area is 168 Å². The van der Waals surface area contributed by atoms with Gasteiger partial charge < -0.3 is 10.2 Å². The lowest BCUT2D eigenvalue weighted by Gasteiger charge is -2.23. The number of allylic oxidation sites excluding steroid dienone is 1. The van der Waals surface area contributed by atoms with Gasteiger partial charge in [0.1, 0.15) is 11.5 Å². The smallest absolute Gasteiger partial charge is 0.115 e. The van der Waals surface area contributed by atoms with Crippen molar-refractivity contribution in [1.82, 2.24) is 0 Å². The lowest BCUT2D eigenvalue weighted by molar-refractivity contribution is 0.475. The standard InChI is InChI=1S/C26H32O2/c27-23-14-10-21(11-15-23)26(22-12-16-24(28)17-13-22)25(20-7-3-4-8-20)18-9-19-5-1-2-6-19/h10-17,19-20,27-28H,1-9,18H2. The van der Waals surface area contributed by atoms with Crippen LogP contribution in [0.25, 0.3) is 5.57 Å². The maximum Gasteiger partial charge on any atom is 0.115 e. The van der Waals surface area contributed by atoms with E-state index in [0.29, 0.717) is 17.4 Å². The predicted molar refractivity (Wildman–Crippen MR) is 115 cm³/mol. The highest BCUT2D eigenvalue weighted by Crippen LogP contribution is 2.42. The van der Waals surface area contributed by atoms with Crippen molar-refractivity contribution in [2.75, 3.05) is 0 Å². The molecule has 0 amide bonds. The molecule has 2 aliphatic carbocycles.